The first-order chi connectivity index (χ1) is 9.33. The Bertz CT molecular complexity index is 598. The van der Waals surface area contributed by atoms with Crippen LogP contribution in [-0.4, -0.2) is 25.7 Å². The molecule has 1 aromatic rings. The lowest BCUT2D eigenvalue weighted by atomic mass is 9.69. The van der Waals surface area contributed by atoms with E-state index >= 15 is 0 Å². The first-order valence-corrected chi connectivity index (χ1v) is 8.90. The van der Waals surface area contributed by atoms with Crippen LogP contribution in [-0.2, 0) is 25.8 Å². The van der Waals surface area contributed by atoms with Crippen LogP contribution in [0.3, 0.4) is 0 Å². The highest BCUT2D eigenvalue weighted by atomic mass is 32.2. The lowest BCUT2D eigenvalue weighted by molar-refractivity contribution is -0.145. The highest BCUT2D eigenvalue weighted by Crippen LogP contribution is 2.40. The summed E-state index contributed by atoms with van der Waals surface area (Å²) in [6.07, 6.45) is 5.33. The third kappa shape index (κ3) is 3.20. The SMILES string of the molecule is CS(=O)(=O)Cc1cccc(C2(C(=O)O)CCCCC2)c1. The molecule has 1 N–H and O–H groups in total. The van der Waals surface area contributed by atoms with Crippen molar-refractivity contribution in [1.29, 1.82) is 0 Å². The molecule has 0 aliphatic heterocycles. The van der Waals surface area contributed by atoms with Crippen molar-refractivity contribution in [3.8, 4) is 0 Å². The van der Waals surface area contributed by atoms with Gasteiger partial charge in [0.15, 0.2) is 9.84 Å². The number of sulfone groups is 1. The van der Waals surface area contributed by atoms with Crippen molar-refractivity contribution in [3.63, 3.8) is 0 Å². The van der Waals surface area contributed by atoms with E-state index < -0.39 is 21.2 Å². The molecule has 1 fully saturated rings. The molecule has 0 unspecified atom stereocenters. The number of aliphatic carboxylic acids is 1. The Labute approximate surface area is 119 Å². The number of rotatable bonds is 4. The second kappa shape index (κ2) is 5.56. The van der Waals surface area contributed by atoms with Crippen molar-refractivity contribution in [2.75, 3.05) is 6.26 Å². The van der Waals surface area contributed by atoms with E-state index in [0.29, 0.717) is 18.4 Å². The van der Waals surface area contributed by atoms with Gasteiger partial charge in [-0.15, -0.1) is 0 Å². The molecule has 5 heteroatoms. The maximum Gasteiger partial charge on any atom is 0.314 e. The Kier molecular flexibility index (Phi) is 4.18. The molecule has 4 nitrogen and oxygen atoms in total. The van der Waals surface area contributed by atoms with Gasteiger partial charge in [0.25, 0.3) is 0 Å². The van der Waals surface area contributed by atoms with Crippen molar-refractivity contribution in [3.05, 3.63) is 35.4 Å². The smallest absolute Gasteiger partial charge is 0.314 e. The third-order valence-electron chi connectivity index (χ3n) is 4.02. The van der Waals surface area contributed by atoms with Gasteiger partial charge in [0.05, 0.1) is 11.2 Å². The quantitative estimate of drug-likeness (QED) is 0.926. The highest BCUT2D eigenvalue weighted by Gasteiger charge is 2.41. The van der Waals surface area contributed by atoms with Crippen molar-refractivity contribution >= 4 is 15.8 Å². The molecule has 1 aromatic carbocycles. The van der Waals surface area contributed by atoms with Gasteiger partial charge >= 0.3 is 5.97 Å². The van der Waals surface area contributed by atoms with Crippen molar-refractivity contribution in [1.82, 2.24) is 0 Å². The highest BCUT2D eigenvalue weighted by molar-refractivity contribution is 7.89. The standard InChI is InChI=1S/C15H20O4S/c1-20(18,19)11-12-6-5-7-13(10-12)15(14(16)17)8-3-2-4-9-15/h5-7,10H,2-4,8-9,11H2,1H3,(H,16,17). The summed E-state index contributed by atoms with van der Waals surface area (Å²) >= 11 is 0. The fourth-order valence-corrected chi connectivity index (χ4v) is 3.83. The van der Waals surface area contributed by atoms with Gasteiger partial charge in [0, 0.05) is 6.26 Å². The Morgan fingerprint density at radius 3 is 2.45 bits per heavy atom. The van der Waals surface area contributed by atoms with Gasteiger partial charge in [-0.3, -0.25) is 4.79 Å². The van der Waals surface area contributed by atoms with E-state index in [2.05, 4.69) is 0 Å². The lowest BCUT2D eigenvalue weighted by Gasteiger charge is -2.33. The number of carboxylic acid groups (broad SMARTS) is 1. The summed E-state index contributed by atoms with van der Waals surface area (Å²) in [6, 6.07) is 7.06. The van der Waals surface area contributed by atoms with Crippen LogP contribution in [0, 0.1) is 0 Å². The van der Waals surface area contributed by atoms with E-state index in [1.807, 2.05) is 6.07 Å². The largest absolute Gasteiger partial charge is 0.481 e. The monoisotopic (exact) mass is 296 g/mol. The summed E-state index contributed by atoms with van der Waals surface area (Å²) in [5.41, 5.74) is 0.563. The van der Waals surface area contributed by atoms with Crippen LogP contribution in [0.15, 0.2) is 24.3 Å². The van der Waals surface area contributed by atoms with Crippen LogP contribution in [0.2, 0.25) is 0 Å². The van der Waals surface area contributed by atoms with Crippen molar-refractivity contribution in [2.45, 2.75) is 43.3 Å². The molecule has 1 saturated carbocycles. The predicted molar refractivity (Wildman–Crippen MR) is 77.4 cm³/mol. The Balaban J connectivity index is 2.39. The zero-order valence-corrected chi connectivity index (χ0v) is 12.4. The molecule has 0 saturated heterocycles. The fourth-order valence-electron chi connectivity index (χ4n) is 3.04. The minimum absolute atomic E-state index is 0.0451. The average molecular weight is 296 g/mol. The van der Waals surface area contributed by atoms with Crippen LogP contribution < -0.4 is 0 Å². The van der Waals surface area contributed by atoms with Crippen LogP contribution in [0.4, 0.5) is 0 Å². The first kappa shape index (κ1) is 15.0. The predicted octanol–water partition coefficient (Wildman–Crippen LogP) is 2.52. The molecular weight excluding hydrogens is 276 g/mol. The van der Waals surface area contributed by atoms with Crippen LogP contribution in [0.5, 0.6) is 0 Å². The van der Waals surface area contributed by atoms with Gasteiger partial charge in [0.2, 0.25) is 0 Å². The molecule has 1 aliphatic rings. The van der Waals surface area contributed by atoms with Crippen molar-refractivity contribution < 1.29 is 18.3 Å². The Morgan fingerprint density at radius 1 is 1.25 bits per heavy atom. The van der Waals surface area contributed by atoms with E-state index in [1.165, 1.54) is 6.26 Å². The number of hydrogen-bond acceptors (Lipinski definition) is 3. The van der Waals surface area contributed by atoms with Gasteiger partial charge in [-0.25, -0.2) is 8.42 Å². The number of hydrogen-bond donors (Lipinski definition) is 1. The molecule has 1 aliphatic carbocycles. The average Bonchev–Trinajstić information content (AvgIpc) is 2.37. The minimum Gasteiger partial charge on any atom is -0.481 e. The number of carbonyl (C=O) groups is 1. The normalized spacial score (nSPS) is 18.6. The second-order valence-electron chi connectivity index (χ2n) is 5.72. The number of carboxylic acids is 1. The minimum atomic E-state index is -3.11. The fraction of sp³-hybridized carbons (Fsp3) is 0.533. The van der Waals surface area contributed by atoms with E-state index in [0.717, 1.165) is 24.8 Å². The Morgan fingerprint density at radius 2 is 1.90 bits per heavy atom. The second-order valence-corrected chi connectivity index (χ2v) is 7.86. The summed E-state index contributed by atoms with van der Waals surface area (Å²) in [5.74, 6) is -0.843. The molecule has 0 amide bonds. The molecule has 0 atom stereocenters. The molecule has 0 bridgehead atoms. The van der Waals surface area contributed by atoms with E-state index in [1.54, 1.807) is 18.2 Å². The van der Waals surface area contributed by atoms with E-state index in [4.69, 9.17) is 0 Å². The van der Waals surface area contributed by atoms with Gasteiger partial charge < -0.3 is 5.11 Å². The molecular formula is C15H20O4S. The summed E-state index contributed by atoms with van der Waals surface area (Å²) in [6.45, 7) is 0. The van der Waals surface area contributed by atoms with Gasteiger partial charge in [-0.1, -0.05) is 43.5 Å². The van der Waals surface area contributed by atoms with E-state index in [9.17, 15) is 18.3 Å². The zero-order chi connectivity index (χ0) is 14.8. The molecule has 2 rings (SSSR count). The maximum atomic E-state index is 11.8. The molecule has 0 aromatic heterocycles. The molecule has 20 heavy (non-hydrogen) atoms. The molecule has 0 heterocycles. The zero-order valence-electron chi connectivity index (χ0n) is 11.6. The van der Waals surface area contributed by atoms with Gasteiger partial charge in [-0.2, -0.15) is 0 Å². The van der Waals surface area contributed by atoms with Gasteiger partial charge in [-0.05, 0) is 24.0 Å². The third-order valence-corrected chi connectivity index (χ3v) is 4.88. The molecule has 0 spiro atoms. The topological polar surface area (TPSA) is 71.4 Å². The number of benzene rings is 1. The van der Waals surface area contributed by atoms with E-state index in [-0.39, 0.29) is 5.75 Å². The van der Waals surface area contributed by atoms with Crippen LogP contribution >= 0.6 is 0 Å². The van der Waals surface area contributed by atoms with Crippen molar-refractivity contribution in [2.24, 2.45) is 0 Å². The molecule has 0 radical (unpaired) electrons. The lowest BCUT2D eigenvalue weighted by Crippen LogP contribution is -2.37. The molecule has 110 valence electrons. The summed E-state index contributed by atoms with van der Waals surface area (Å²) in [7, 11) is -3.11. The summed E-state index contributed by atoms with van der Waals surface area (Å²) in [4.78, 5) is 11.8. The summed E-state index contributed by atoms with van der Waals surface area (Å²) < 4.78 is 22.8. The Hall–Kier alpha value is -1.36. The maximum absolute atomic E-state index is 11.8. The van der Waals surface area contributed by atoms with Gasteiger partial charge in [0.1, 0.15) is 0 Å². The van der Waals surface area contributed by atoms with Crippen LogP contribution in [0.25, 0.3) is 0 Å². The summed E-state index contributed by atoms with van der Waals surface area (Å²) in [5, 5.41) is 9.65. The first-order valence-electron chi connectivity index (χ1n) is 6.84. The van der Waals surface area contributed by atoms with Crippen LogP contribution in [0.1, 0.15) is 43.2 Å².